The number of nitrogens with one attached hydrogen (secondary N) is 1. The summed E-state index contributed by atoms with van der Waals surface area (Å²) >= 11 is 0. The molecule has 0 fully saturated rings. The van der Waals surface area contributed by atoms with Gasteiger partial charge in [-0.15, -0.1) is 0 Å². The Hall–Kier alpha value is -3.86. The molecule has 3 rings (SSSR count). The highest BCUT2D eigenvalue weighted by Gasteiger charge is 2.35. The van der Waals surface area contributed by atoms with E-state index in [2.05, 4.69) is 5.32 Å². The van der Waals surface area contributed by atoms with Gasteiger partial charge in [-0.2, -0.15) is 13.2 Å². The smallest absolute Gasteiger partial charge is 0.354 e. The number of hydrogen-bond acceptors (Lipinski definition) is 4. The molecular weight excluding hydrogens is 555 g/mol. The molecule has 0 spiro atoms. The lowest BCUT2D eigenvalue weighted by atomic mass is 10.1. The molecule has 0 saturated heterocycles. The minimum Gasteiger partial charge on any atom is -0.354 e. The first kappa shape index (κ1) is 31.7. The van der Waals surface area contributed by atoms with Gasteiger partial charge in [0, 0.05) is 13.1 Å². The van der Waals surface area contributed by atoms with Crippen molar-refractivity contribution >= 4 is 27.5 Å². The molecule has 0 aromatic heterocycles. The van der Waals surface area contributed by atoms with E-state index in [0.29, 0.717) is 16.9 Å². The normalized spacial score (nSPS) is 12.4. The van der Waals surface area contributed by atoms with Crippen LogP contribution < -0.4 is 9.62 Å². The highest BCUT2D eigenvalue weighted by Crippen LogP contribution is 2.33. The van der Waals surface area contributed by atoms with E-state index in [0.717, 1.165) is 36.1 Å². The summed E-state index contributed by atoms with van der Waals surface area (Å²) in [7, 11) is -4.47. The number of alkyl halides is 3. The van der Waals surface area contributed by atoms with Crippen LogP contribution in [0, 0.1) is 6.92 Å². The fraction of sp³-hybridized carbons (Fsp3) is 0.333. The molecule has 41 heavy (non-hydrogen) atoms. The second-order valence-electron chi connectivity index (χ2n) is 9.64. The van der Waals surface area contributed by atoms with Gasteiger partial charge < -0.3 is 10.2 Å². The zero-order chi connectivity index (χ0) is 30.2. The first-order valence-corrected chi connectivity index (χ1v) is 14.7. The van der Waals surface area contributed by atoms with Crippen LogP contribution in [-0.4, -0.2) is 44.3 Å². The van der Waals surface area contributed by atoms with Gasteiger partial charge in [0.2, 0.25) is 11.8 Å². The molecule has 3 aromatic carbocycles. The third-order valence-electron chi connectivity index (χ3n) is 6.67. The van der Waals surface area contributed by atoms with E-state index in [1.54, 1.807) is 18.2 Å². The molecule has 0 aliphatic heterocycles. The number of nitrogens with zero attached hydrogens (tertiary/aromatic N) is 2. The maximum atomic E-state index is 13.9. The van der Waals surface area contributed by atoms with Crippen LogP contribution in [0.2, 0.25) is 0 Å². The Balaban J connectivity index is 2.06. The number of unbranched alkanes of at least 4 members (excludes halogenated alkanes) is 1. The highest BCUT2D eigenvalue weighted by molar-refractivity contribution is 7.92. The van der Waals surface area contributed by atoms with Crippen LogP contribution in [0.1, 0.15) is 43.4 Å². The molecule has 7 nitrogen and oxygen atoms in total. The van der Waals surface area contributed by atoms with E-state index in [4.69, 9.17) is 0 Å². The molecule has 1 N–H and O–H groups in total. The molecule has 3 aromatic rings. The fourth-order valence-electron chi connectivity index (χ4n) is 4.18. The van der Waals surface area contributed by atoms with Crippen LogP contribution in [0.15, 0.2) is 83.8 Å². The first-order chi connectivity index (χ1) is 19.4. The molecular formula is C30H34F3N3O4S. The third kappa shape index (κ3) is 8.09. The number of carbonyl (C=O) groups is 2. The van der Waals surface area contributed by atoms with E-state index in [1.165, 1.54) is 42.2 Å². The molecule has 0 unspecified atom stereocenters. The van der Waals surface area contributed by atoms with Crippen molar-refractivity contribution in [2.75, 3.05) is 17.4 Å². The maximum Gasteiger partial charge on any atom is 0.416 e. The van der Waals surface area contributed by atoms with Crippen LogP contribution in [-0.2, 0) is 32.3 Å². The van der Waals surface area contributed by atoms with Gasteiger partial charge in [-0.1, -0.05) is 61.9 Å². The van der Waals surface area contributed by atoms with Crippen LogP contribution in [0.5, 0.6) is 0 Å². The van der Waals surface area contributed by atoms with Crippen molar-refractivity contribution in [2.45, 2.75) is 57.3 Å². The van der Waals surface area contributed by atoms with E-state index >= 15 is 0 Å². The highest BCUT2D eigenvalue weighted by atomic mass is 32.2. The predicted molar refractivity (Wildman–Crippen MR) is 152 cm³/mol. The molecule has 0 heterocycles. The van der Waals surface area contributed by atoms with E-state index in [-0.39, 0.29) is 17.1 Å². The second kappa shape index (κ2) is 13.7. The predicted octanol–water partition coefficient (Wildman–Crippen LogP) is 5.54. The quantitative estimate of drug-likeness (QED) is 0.281. The topological polar surface area (TPSA) is 86.8 Å². The van der Waals surface area contributed by atoms with Crippen molar-refractivity contribution in [3.63, 3.8) is 0 Å². The molecule has 0 radical (unpaired) electrons. The van der Waals surface area contributed by atoms with Gasteiger partial charge >= 0.3 is 6.18 Å². The number of hydrogen-bond donors (Lipinski definition) is 1. The summed E-state index contributed by atoms with van der Waals surface area (Å²) in [6, 6.07) is 17.2. The van der Waals surface area contributed by atoms with E-state index < -0.39 is 46.2 Å². The lowest BCUT2D eigenvalue weighted by Gasteiger charge is -2.32. The van der Waals surface area contributed by atoms with Gasteiger partial charge in [-0.25, -0.2) is 8.42 Å². The van der Waals surface area contributed by atoms with E-state index in [1.807, 2.05) is 26.0 Å². The Bertz CT molecular complexity index is 1450. The van der Waals surface area contributed by atoms with Crippen LogP contribution in [0.25, 0.3) is 0 Å². The number of sulfonamides is 1. The maximum absolute atomic E-state index is 13.9. The Morgan fingerprint density at radius 3 is 2.24 bits per heavy atom. The molecule has 1 atom stereocenters. The number of rotatable bonds is 12. The monoisotopic (exact) mass is 589 g/mol. The van der Waals surface area contributed by atoms with Crippen molar-refractivity contribution in [3.8, 4) is 0 Å². The van der Waals surface area contributed by atoms with Gasteiger partial charge in [0.1, 0.15) is 12.6 Å². The Morgan fingerprint density at radius 1 is 0.951 bits per heavy atom. The minimum atomic E-state index is -4.73. The van der Waals surface area contributed by atoms with Crippen molar-refractivity contribution in [1.29, 1.82) is 0 Å². The van der Waals surface area contributed by atoms with Gasteiger partial charge in [-0.05, 0) is 61.7 Å². The van der Waals surface area contributed by atoms with Crippen molar-refractivity contribution in [2.24, 2.45) is 0 Å². The summed E-state index contributed by atoms with van der Waals surface area (Å²) in [6.07, 6.45) is -3.14. The Morgan fingerprint density at radius 2 is 1.61 bits per heavy atom. The summed E-state index contributed by atoms with van der Waals surface area (Å²) in [5.41, 5.74) is 0.213. The number of carbonyl (C=O) groups excluding carboxylic acids is 2. The number of halogens is 3. The van der Waals surface area contributed by atoms with Gasteiger partial charge in [0.05, 0.1) is 16.1 Å². The molecule has 0 saturated carbocycles. The summed E-state index contributed by atoms with van der Waals surface area (Å²) in [4.78, 5) is 28.0. The Kier molecular flexibility index (Phi) is 10.6. The average Bonchev–Trinajstić information content (AvgIpc) is 2.95. The third-order valence-corrected chi connectivity index (χ3v) is 8.46. The summed E-state index contributed by atoms with van der Waals surface area (Å²) in [5, 5.41) is 2.79. The standard InChI is InChI=1S/C30H34F3N3O4S/c1-4-5-18-34-29(38)23(3)35(20-24-13-10-9-12-22(24)2)28(37)21-36(41(39,40)27-16-7-6-8-17-27)26-15-11-14-25(19-26)30(31,32)33/h6-17,19,23H,4-5,18,20-21H2,1-3H3,(H,34,38)/t23-/m1/s1. The van der Waals surface area contributed by atoms with Gasteiger partial charge in [0.15, 0.2) is 0 Å². The van der Waals surface area contributed by atoms with Crippen LogP contribution in [0.4, 0.5) is 18.9 Å². The molecule has 0 aliphatic carbocycles. The zero-order valence-electron chi connectivity index (χ0n) is 23.2. The minimum absolute atomic E-state index is 0.00428. The molecule has 0 bridgehead atoms. The largest absolute Gasteiger partial charge is 0.416 e. The van der Waals surface area contributed by atoms with Crippen molar-refractivity contribution in [3.05, 3.63) is 95.6 Å². The fourth-order valence-corrected chi connectivity index (χ4v) is 5.60. The van der Waals surface area contributed by atoms with Crippen LogP contribution in [0.3, 0.4) is 0 Å². The Labute approximate surface area is 239 Å². The number of benzene rings is 3. The second-order valence-corrected chi connectivity index (χ2v) is 11.5. The van der Waals surface area contributed by atoms with Gasteiger partial charge in [-0.3, -0.25) is 13.9 Å². The summed E-state index contributed by atoms with van der Waals surface area (Å²) < 4.78 is 68.8. The lowest BCUT2D eigenvalue weighted by Crippen LogP contribution is -2.51. The van der Waals surface area contributed by atoms with Gasteiger partial charge in [0.25, 0.3) is 10.0 Å². The summed E-state index contributed by atoms with van der Waals surface area (Å²) in [6.45, 7) is 4.94. The molecule has 220 valence electrons. The number of aryl methyl sites for hydroxylation is 1. The van der Waals surface area contributed by atoms with Crippen LogP contribution >= 0.6 is 0 Å². The first-order valence-electron chi connectivity index (χ1n) is 13.2. The number of anilines is 1. The van der Waals surface area contributed by atoms with Crippen molar-refractivity contribution < 1.29 is 31.2 Å². The lowest BCUT2D eigenvalue weighted by molar-refractivity contribution is -0.139. The SMILES string of the molecule is CCCCNC(=O)[C@@H](C)N(Cc1ccccc1C)C(=O)CN(c1cccc(C(F)(F)F)c1)S(=O)(=O)c1ccccc1. The number of amides is 2. The van der Waals surface area contributed by atoms with Crippen molar-refractivity contribution in [1.82, 2.24) is 10.2 Å². The molecule has 11 heteroatoms. The zero-order valence-corrected chi connectivity index (χ0v) is 24.0. The van der Waals surface area contributed by atoms with E-state index in [9.17, 15) is 31.2 Å². The molecule has 2 amide bonds. The summed E-state index contributed by atoms with van der Waals surface area (Å²) in [5.74, 6) is -1.17. The average molecular weight is 590 g/mol. The molecule has 0 aliphatic rings.